The number of piperidine rings is 1. The van der Waals surface area contributed by atoms with Gasteiger partial charge in [0.2, 0.25) is 5.91 Å². The monoisotopic (exact) mass is 365 g/mol. The van der Waals surface area contributed by atoms with Gasteiger partial charge in [-0.25, -0.2) is 4.98 Å². The van der Waals surface area contributed by atoms with Gasteiger partial charge >= 0.3 is 0 Å². The summed E-state index contributed by atoms with van der Waals surface area (Å²) in [5, 5.41) is 4.22. The number of thiazole rings is 1. The Morgan fingerprint density at radius 2 is 2.15 bits per heavy atom. The van der Waals surface area contributed by atoms with E-state index in [1.54, 1.807) is 11.3 Å². The van der Waals surface area contributed by atoms with Gasteiger partial charge in [-0.2, -0.15) is 0 Å². The fourth-order valence-electron chi connectivity index (χ4n) is 3.59. The molecule has 2 aromatic carbocycles. The Bertz CT molecular complexity index is 887. The van der Waals surface area contributed by atoms with Crippen LogP contribution < -0.4 is 5.32 Å². The van der Waals surface area contributed by atoms with Gasteiger partial charge in [-0.1, -0.05) is 24.3 Å². The van der Waals surface area contributed by atoms with Gasteiger partial charge in [-0.3, -0.25) is 9.69 Å². The van der Waals surface area contributed by atoms with Crippen LogP contribution in [0.3, 0.4) is 0 Å². The van der Waals surface area contributed by atoms with E-state index in [4.69, 9.17) is 4.98 Å². The molecule has 0 aliphatic carbocycles. The number of benzene rings is 2. The first kappa shape index (κ1) is 17.2. The van der Waals surface area contributed by atoms with Crippen molar-refractivity contribution in [2.24, 2.45) is 0 Å². The molecule has 4 nitrogen and oxygen atoms in total. The molecule has 1 aliphatic rings. The second kappa shape index (κ2) is 7.56. The lowest BCUT2D eigenvalue weighted by Crippen LogP contribution is -2.39. The van der Waals surface area contributed by atoms with Crippen molar-refractivity contribution in [3.05, 3.63) is 59.1 Å². The maximum absolute atomic E-state index is 12.4. The number of nitrogens with one attached hydrogen (secondary N) is 1. The predicted octanol–water partition coefficient (Wildman–Crippen LogP) is 4.42. The van der Waals surface area contributed by atoms with Gasteiger partial charge in [0.15, 0.2) is 0 Å². The van der Waals surface area contributed by atoms with Gasteiger partial charge < -0.3 is 5.32 Å². The summed E-state index contributed by atoms with van der Waals surface area (Å²) < 4.78 is 1.25. The third kappa shape index (κ3) is 3.94. The number of likely N-dealkylation sites (tertiary alicyclic amines) is 1. The number of para-hydroxylation sites is 1. The zero-order chi connectivity index (χ0) is 17.9. The number of anilines is 1. The van der Waals surface area contributed by atoms with Gasteiger partial charge in [-0.15, -0.1) is 11.3 Å². The van der Waals surface area contributed by atoms with Crippen molar-refractivity contribution < 1.29 is 4.79 Å². The summed E-state index contributed by atoms with van der Waals surface area (Å²) in [7, 11) is 0. The summed E-state index contributed by atoms with van der Waals surface area (Å²) in [6, 6.07) is 16.2. The van der Waals surface area contributed by atoms with E-state index in [1.807, 2.05) is 37.3 Å². The molecule has 0 spiro atoms. The number of hydrogen-bond donors (Lipinski definition) is 1. The Labute approximate surface area is 157 Å². The highest BCUT2D eigenvalue weighted by Crippen LogP contribution is 2.32. The lowest BCUT2D eigenvalue weighted by atomic mass is 9.99. The summed E-state index contributed by atoms with van der Waals surface area (Å²) in [4.78, 5) is 19.5. The number of aryl methyl sites for hydroxylation is 1. The standard InChI is InChI=1S/C21H23N3OS/c1-15-6-4-8-17(12-15)22-20(25)14-24-11-5-7-16(13-24)21-23-18-9-2-3-10-19(18)26-21/h2-4,6,8-10,12,16H,5,7,11,13-14H2,1H3,(H,22,25)/t16-/m0/s1. The maximum atomic E-state index is 12.4. The van der Waals surface area contributed by atoms with E-state index in [1.165, 1.54) is 9.71 Å². The van der Waals surface area contributed by atoms with Crippen LogP contribution in [0.4, 0.5) is 5.69 Å². The number of rotatable bonds is 4. The van der Waals surface area contributed by atoms with Crippen LogP contribution in [0.25, 0.3) is 10.2 Å². The minimum absolute atomic E-state index is 0.0561. The van der Waals surface area contributed by atoms with Crippen molar-refractivity contribution in [3.8, 4) is 0 Å². The molecule has 1 atom stereocenters. The van der Waals surface area contributed by atoms with Crippen molar-refractivity contribution in [2.75, 3.05) is 25.0 Å². The highest BCUT2D eigenvalue weighted by atomic mass is 32.1. The van der Waals surface area contributed by atoms with Gasteiger partial charge in [-0.05, 0) is 56.1 Å². The zero-order valence-corrected chi connectivity index (χ0v) is 15.8. The summed E-state index contributed by atoms with van der Waals surface area (Å²) >= 11 is 1.79. The van der Waals surface area contributed by atoms with Crippen LogP contribution in [0.15, 0.2) is 48.5 Å². The minimum atomic E-state index is 0.0561. The Balaban J connectivity index is 1.39. The first-order chi connectivity index (χ1) is 12.7. The Kier molecular flexibility index (Phi) is 5.00. The van der Waals surface area contributed by atoms with Crippen LogP contribution in [-0.4, -0.2) is 35.4 Å². The number of amides is 1. The molecular formula is C21H23N3OS. The Morgan fingerprint density at radius 3 is 3.00 bits per heavy atom. The van der Waals surface area contributed by atoms with Crippen LogP contribution in [0.1, 0.15) is 29.3 Å². The number of carbonyl (C=O) groups excluding carboxylic acids is 1. The summed E-state index contributed by atoms with van der Waals surface area (Å²) in [5.74, 6) is 0.480. The Morgan fingerprint density at radius 1 is 1.27 bits per heavy atom. The van der Waals surface area contributed by atoms with Gasteiger partial charge in [0.05, 0.1) is 21.8 Å². The molecule has 0 saturated carbocycles. The molecule has 1 aromatic heterocycles. The van der Waals surface area contributed by atoms with E-state index in [2.05, 4.69) is 28.4 Å². The van der Waals surface area contributed by atoms with Gasteiger partial charge in [0, 0.05) is 18.2 Å². The first-order valence-electron chi connectivity index (χ1n) is 9.12. The zero-order valence-electron chi connectivity index (χ0n) is 14.9. The first-order valence-corrected chi connectivity index (χ1v) is 9.93. The molecular weight excluding hydrogens is 342 g/mol. The number of fused-ring (bicyclic) bond motifs is 1. The molecule has 4 rings (SSSR count). The molecule has 1 fully saturated rings. The summed E-state index contributed by atoms with van der Waals surface area (Å²) in [6.07, 6.45) is 2.26. The van der Waals surface area contributed by atoms with E-state index in [0.29, 0.717) is 12.5 Å². The Hall–Kier alpha value is -2.24. The molecule has 0 radical (unpaired) electrons. The van der Waals surface area contributed by atoms with Crippen LogP contribution in [0.2, 0.25) is 0 Å². The molecule has 1 N–H and O–H groups in total. The molecule has 0 bridgehead atoms. The van der Waals surface area contributed by atoms with Crippen molar-refractivity contribution in [3.63, 3.8) is 0 Å². The number of hydrogen-bond acceptors (Lipinski definition) is 4. The highest BCUT2D eigenvalue weighted by Gasteiger charge is 2.25. The summed E-state index contributed by atoms with van der Waals surface area (Å²) in [6.45, 7) is 4.35. The van der Waals surface area contributed by atoms with E-state index in [9.17, 15) is 4.79 Å². The van der Waals surface area contributed by atoms with E-state index in [0.717, 1.165) is 42.7 Å². The molecule has 1 amide bonds. The molecule has 3 aromatic rings. The number of nitrogens with zero attached hydrogens (tertiary/aromatic N) is 2. The SMILES string of the molecule is Cc1cccc(NC(=O)CN2CCC[C@H](c3nc4ccccc4s3)C2)c1. The van der Waals surface area contributed by atoms with Crippen molar-refractivity contribution in [1.82, 2.24) is 9.88 Å². The molecule has 5 heteroatoms. The fraction of sp³-hybridized carbons (Fsp3) is 0.333. The average molecular weight is 366 g/mol. The van der Waals surface area contributed by atoms with Crippen molar-refractivity contribution in [1.29, 1.82) is 0 Å². The lowest BCUT2D eigenvalue weighted by Gasteiger charge is -2.31. The van der Waals surface area contributed by atoms with Gasteiger partial charge in [0.25, 0.3) is 0 Å². The van der Waals surface area contributed by atoms with Gasteiger partial charge in [0.1, 0.15) is 0 Å². The molecule has 26 heavy (non-hydrogen) atoms. The molecule has 134 valence electrons. The fourth-order valence-corrected chi connectivity index (χ4v) is 4.69. The average Bonchev–Trinajstić information content (AvgIpc) is 3.06. The van der Waals surface area contributed by atoms with E-state index >= 15 is 0 Å². The third-order valence-corrected chi connectivity index (χ3v) is 6.03. The van der Waals surface area contributed by atoms with E-state index < -0.39 is 0 Å². The van der Waals surface area contributed by atoms with Crippen molar-refractivity contribution >= 4 is 33.1 Å². The quantitative estimate of drug-likeness (QED) is 0.744. The largest absolute Gasteiger partial charge is 0.325 e. The molecule has 2 heterocycles. The van der Waals surface area contributed by atoms with Crippen LogP contribution in [-0.2, 0) is 4.79 Å². The normalized spacial score (nSPS) is 18.1. The topological polar surface area (TPSA) is 45.2 Å². The van der Waals surface area contributed by atoms with Crippen molar-refractivity contribution in [2.45, 2.75) is 25.7 Å². The number of aromatic nitrogens is 1. The van der Waals surface area contributed by atoms with Crippen LogP contribution in [0, 0.1) is 6.92 Å². The van der Waals surface area contributed by atoms with E-state index in [-0.39, 0.29) is 5.91 Å². The highest BCUT2D eigenvalue weighted by molar-refractivity contribution is 7.18. The second-order valence-electron chi connectivity index (χ2n) is 7.01. The predicted molar refractivity (Wildman–Crippen MR) is 108 cm³/mol. The molecule has 0 unspecified atom stereocenters. The molecule has 1 saturated heterocycles. The smallest absolute Gasteiger partial charge is 0.238 e. The maximum Gasteiger partial charge on any atom is 0.238 e. The summed E-state index contributed by atoms with van der Waals surface area (Å²) in [5.41, 5.74) is 3.10. The van der Waals surface area contributed by atoms with Crippen LogP contribution >= 0.6 is 11.3 Å². The third-order valence-electron chi connectivity index (χ3n) is 4.83. The minimum Gasteiger partial charge on any atom is -0.325 e. The lowest BCUT2D eigenvalue weighted by molar-refractivity contribution is -0.117. The van der Waals surface area contributed by atoms with Crippen LogP contribution in [0.5, 0.6) is 0 Å². The number of carbonyl (C=O) groups is 1. The molecule has 1 aliphatic heterocycles. The second-order valence-corrected chi connectivity index (χ2v) is 8.07.